The van der Waals surface area contributed by atoms with Crippen molar-refractivity contribution in [2.24, 2.45) is 0 Å². The molecule has 0 aromatic carbocycles. The van der Waals surface area contributed by atoms with Crippen LogP contribution in [0, 0.1) is 0 Å². The van der Waals surface area contributed by atoms with Crippen LogP contribution >= 0.6 is 0 Å². The number of nitrogens with zero attached hydrogens (tertiary/aromatic N) is 4. The van der Waals surface area contributed by atoms with Gasteiger partial charge in [0.1, 0.15) is 0 Å². The van der Waals surface area contributed by atoms with Crippen LogP contribution in [0.5, 0.6) is 0 Å². The maximum Gasteiger partial charge on any atom is 2.00 e. The second-order valence-corrected chi connectivity index (χ2v) is 31.6. The fourth-order valence-corrected chi connectivity index (χ4v) is 21.5. The van der Waals surface area contributed by atoms with Gasteiger partial charge in [0.15, 0.2) is 0 Å². The van der Waals surface area contributed by atoms with Gasteiger partial charge in [-0.15, -0.1) is 0 Å². The van der Waals surface area contributed by atoms with Crippen molar-refractivity contribution >= 4 is 71.7 Å². The Bertz CT molecular complexity index is 222. The van der Waals surface area contributed by atoms with Gasteiger partial charge in [-0.2, -0.15) is 0 Å². The van der Waals surface area contributed by atoms with Crippen LogP contribution in [0.4, 0.5) is 0 Å². The van der Waals surface area contributed by atoms with E-state index in [-0.39, 0.29) is 34.1 Å². The molecule has 0 rings (SSSR count). The molecule has 0 amide bonds. The second-order valence-electron chi connectivity index (χ2n) is 9.35. The molecule has 0 aromatic heterocycles. The van der Waals surface area contributed by atoms with E-state index in [0.717, 1.165) is 0 Å². The van der Waals surface area contributed by atoms with E-state index >= 15 is 0 Å². The monoisotopic (exact) mass is 638 g/mol. The van der Waals surface area contributed by atoms with E-state index in [1.807, 2.05) is 0 Å². The van der Waals surface area contributed by atoms with Gasteiger partial charge < -0.3 is 18.6 Å². The maximum atomic E-state index is 4.56. The van der Waals surface area contributed by atoms with Crippen LogP contribution in [0.15, 0.2) is 0 Å². The molecule has 2 radical (unpaired) electrons. The largest absolute Gasteiger partial charge is 2.00 e. The Labute approximate surface area is 227 Å². The molecule has 0 fully saturated rings. The average Bonchev–Trinajstić information content (AvgIpc) is 2.32. The fraction of sp³-hybridized carbons (Fsp3) is 1.00. The van der Waals surface area contributed by atoms with Crippen molar-refractivity contribution in [1.82, 2.24) is 0 Å². The van der Waals surface area contributed by atoms with Gasteiger partial charge in [-0.3, -0.25) is 0 Å². The zero-order valence-corrected chi connectivity index (χ0v) is 34.8. The Hall–Kier alpha value is 2.61. The number of rotatable bonds is 8. The topological polar surface area (TPSA) is 56.4 Å². The van der Waals surface area contributed by atoms with E-state index in [9.17, 15) is 0 Å². The molecule has 0 aromatic rings. The molecule has 0 atom stereocenters. The molecule has 0 aliphatic carbocycles. The van der Waals surface area contributed by atoms with Crippen molar-refractivity contribution in [3.8, 4) is 0 Å². The normalized spacial score (nSPS) is 10.4. The van der Waals surface area contributed by atoms with Crippen LogP contribution in [0.25, 0.3) is 18.6 Å². The van der Waals surface area contributed by atoms with Gasteiger partial charge >= 0.3 is 34.1 Å². The van der Waals surface area contributed by atoms with Crippen LogP contribution in [0.2, 0.25) is 105 Å². The first-order chi connectivity index (χ1) is 12.5. The molecule has 0 saturated carbocycles. The Balaban J connectivity index is -0.0000000626. The second kappa shape index (κ2) is 31.6. The van der Waals surface area contributed by atoms with E-state index in [1.54, 1.807) is 0 Å². The Morgan fingerprint density at radius 3 is 0.300 bits per heavy atom. The van der Waals surface area contributed by atoms with Gasteiger partial charge in [-0.1, -0.05) is 176 Å². The summed E-state index contributed by atoms with van der Waals surface area (Å²) in [7, 11) is -4.33. The summed E-state index contributed by atoms with van der Waals surface area (Å²) in [6.07, 6.45) is 0. The number of hydrogen-bond donors (Lipinski definition) is 0. The Kier molecular flexibility index (Phi) is 48.5. The quantitative estimate of drug-likeness (QED) is 0.324. The van der Waals surface area contributed by atoms with Gasteiger partial charge in [-0.25, -0.2) is 0 Å². The first kappa shape index (κ1) is 46.0. The average molecular weight is 639 g/mol. The summed E-state index contributed by atoms with van der Waals surface area (Å²) in [5.74, 6) is 0. The minimum Gasteiger partial charge on any atom is -0.672 e. The van der Waals surface area contributed by atoms with E-state index in [0.29, 0.717) is 0 Å². The Morgan fingerprint density at radius 2 is 0.300 bits per heavy atom. The molecule has 0 aliphatic heterocycles. The van der Waals surface area contributed by atoms with Crippen molar-refractivity contribution in [3.63, 3.8) is 0 Å². The summed E-state index contributed by atoms with van der Waals surface area (Å²) >= 11 is 0. The minimum absolute atomic E-state index is 0. The molecule has 4 nitrogen and oxygen atoms in total. The SMILES string of the molecule is C[SiH](C)[N-][SiH](C)C.C[SiH](C)[N-][SiH](C)C.C[SiH](C)[N-][SiH](C)C.C[SiH](C)[N-][SiH](C)C.[Mn+2].[Mn+2]. The van der Waals surface area contributed by atoms with Gasteiger partial charge in [-0.05, 0) is 0 Å². The van der Waals surface area contributed by atoms with Crippen LogP contribution < -0.4 is 0 Å². The third-order valence-electron chi connectivity index (χ3n) is 2.39. The zero-order valence-electron chi connectivity index (χ0n) is 23.2. The molecular formula is C16H56Mn2N4Si8. The third-order valence-corrected chi connectivity index (χ3v) is 21.5. The summed E-state index contributed by atoms with van der Waals surface area (Å²) in [5, 5.41) is 0. The zero-order chi connectivity index (χ0) is 23.4. The maximum absolute atomic E-state index is 4.56. The van der Waals surface area contributed by atoms with E-state index in [1.165, 1.54) is 0 Å². The first-order valence-corrected chi connectivity index (χ1v) is 33.9. The molecule has 186 valence electrons. The molecule has 0 spiro atoms. The molecule has 0 bridgehead atoms. The van der Waals surface area contributed by atoms with Crippen LogP contribution in [0.3, 0.4) is 0 Å². The van der Waals surface area contributed by atoms with Crippen LogP contribution in [0.1, 0.15) is 0 Å². The van der Waals surface area contributed by atoms with E-state index in [4.69, 9.17) is 0 Å². The summed E-state index contributed by atoms with van der Waals surface area (Å²) in [5.41, 5.74) is 0. The Morgan fingerprint density at radius 1 is 0.233 bits per heavy atom. The third kappa shape index (κ3) is 77.5. The fourth-order valence-electron chi connectivity index (χ4n) is 2.39. The van der Waals surface area contributed by atoms with Crippen LogP contribution in [-0.2, 0) is 34.1 Å². The van der Waals surface area contributed by atoms with Crippen molar-refractivity contribution in [2.75, 3.05) is 0 Å². The van der Waals surface area contributed by atoms with Gasteiger partial charge in [0, 0.05) is 0 Å². The van der Waals surface area contributed by atoms with Crippen molar-refractivity contribution in [1.29, 1.82) is 0 Å². The number of hydrogen-bond acceptors (Lipinski definition) is 0. The molecule has 0 saturated heterocycles. The van der Waals surface area contributed by atoms with Gasteiger partial charge in [0.2, 0.25) is 0 Å². The smallest absolute Gasteiger partial charge is 0.672 e. The van der Waals surface area contributed by atoms with E-state index < -0.39 is 71.7 Å². The molecule has 0 N–H and O–H groups in total. The minimum atomic E-state index is -0.542. The van der Waals surface area contributed by atoms with Crippen molar-refractivity contribution < 1.29 is 34.1 Å². The van der Waals surface area contributed by atoms with Crippen LogP contribution in [-0.4, -0.2) is 71.7 Å². The van der Waals surface area contributed by atoms with Gasteiger partial charge in [0.05, 0.1) is 0 Å². The summed E-state index contributed by atoms with van der Waals surface area (Å²) in [6.45, 7) is 36.3. The predicted molar refractivity (Wildman–Crippen MR) is 164 cm³/mol. The molecule has 0 heterocycles. The predicted octanol–water partition coefficient (Wildman–Crippen LogP) is 5.30. The molecule has 0 aliphatic rings. The molecule has 14 heteroatoms. The molecular weight excluding hydrogens is 583 g/mol. The van der Waals surface area contributed by atoms with Crippen molar-refractivity contribution in [2.45, 2.75) is 105 Å². The standard InChI is InChI=1S/4C4H14NSi2.2Mn/c4*1-6(2)5-7(3)4;;/h4*6-7H,1-4H3;;/q4*-1;2*+2. The summed E-state index contributed by atoms with van der Waals surface area (Å²) < 4.78 is 18.2. The molecule has 0 unspecified atom stereocenters. The van der Waals surface area contributed by atoms with Crippen molar-refractivity contribution in [3.05, 3.63) is 18.6 Å². The summed E-state index contributed by atoms with van der Waals surface area (Å²) in [6, 6.07) is 0. The van der Waals surface area contributed by atoms with E-state index in [2.05, 4.69) is 123 Å². The molecule has 30 heavy (non-hydrogen) atoms. The summed E-state index contributed by atoms with van der Waals surface area (Å²) in [4.78, 5) is 0. The van der Waals surface area contributed by atoms with Gasteiger partial charge in [0.25, 0.3) is 0 Å². The first-order valence-electron chi connectivity index (χ1n) is 11.3.